The van der Waals surface area contributed by atoms with Crippen molar-refractivity contribution in [1.82, 2.24) is 14.8 Å². The van der Waals surface area contributed by atoms with Crippen LogP contribution >= 0.6 is 11.6 Å². The van der Waals surface area contributed by atoms with Crippen LogP contribution < -0.4 is 5.69 Å². The molecule has 0 atom stereocenters. The molecular formula is C18H19ClF3N3O2. The quantitative estimate of drug-likeness (QED) is 0.653. The van der Waals surface area contributed by atoms with E-state index in [0.29, 0.717) is 10.6 Å². The summed E-state index contributed by atoms with van der Waals surface area (Å²) < 4.78 is 39.1. The number of aromatic nitrogens is 3. The molecule has 2 aromatic carbocycles. The highest BCUT2D eigenvalue weighted by atomic mass is 35.5. The Morgan fingerprint density at radius 1 is 1.11 bits per heavy atom. The SMILES string of the molecule is C.C.O=c1[nH]nc(-c2cc(Cl)ccc2O)n1Cc1ccc(C(F)(F)F)cc1. The van der Waals surface area contributed by atoms with Crippen molar-refractivity contribution < 1.29 is 18.3 Å². The Balaban J connectivity index is 0.00000182. The minimum Gasteiger partial charge on any atom is -0.507 e. The van der Waals surface area contributed by atoms with Crippen LogP contribution in [-0.4, -0.2) is 19.9 Å². The van der Waals surface area contributed by atoms with Gasteiger partial charge in [-0.1, -0.05) is 38.6 Å². The number of aromatic amines is 1. The highest BCUT2D eigenvalue weighted by molar-refractivity contribution is 6.30. The standard InChI is InChI=1S/C16H11ClF3N3O2.2CH4/c17-11-5-6-13(24)12(7-11)14-21-22-15(25)23(14)8-9-1-3-10(4-2-9)16(18,19)20;;/h1-7,24H,8H2,(H,22,25);2*1H4. The number of benzene rings is 2. The van der Waals surface area contributed by atoms with Gasteiger partial charge in [0.05, 0.1) is 17.7 Å². The third-order valence-electron chi connectivity index (χ3n) is 3.58. The van der Waals surface area contributed by atoms with Gasteiger partial charge in [0.2, 0.25) is 0 Å². The molecular weight excluding hydrogens is 383 g/mol. The third-order valence-corrected chi connectivity index (χ3v) is 3.81. The number of rotatable bonds is 3. The van der Waals surface area contributed by atoms with Crippen LogP contribution in [-0.2, 0) is 12.7 Å². The number of halogens is 4. The predicted molar refractivity (Wildman–Crippen MR) is 99.0 cm³/mol. The molecule has 1 aromatic heterocycles. The van der Waals surface area contributed by atoms with E-state index in [1.807, 2.05) is 0 Å². The van der Waals surface area contributed by atoms with Crippen LogP contribution in [0.2, 0.25) is 5.02 Å². The van der Waals surface area contributed by atoms with Crippen molar-refractivity contribution in [3.05, 3.63) is 69.1 Å². The zero-order valence-corrected chi connectivity index (χ0v) is 13.3. The maximum absolute atomic E-state index is 12.6. The average molecular weight is 402 g/mol. The first-order valence-electron chi connectivity index (χ1n) is 7.06. The molecule has 146 valence electrons. The number of phenols is 1. The molecule has 5 nitrogen and oxygen atoms in total. The zero-order chi connectivity index (χ0) is 18.2. The van der Waals surface area contributed by atoms with Crippen LogP contribution in [0.1, 0.15) is 26.0 Å². The number of hydrogen-bond donors (Lipinski definition) is 2. The van der Waals surface area contributed by atoms with Crippen molar-refractivity contribution in [3.63, 3.8) is 0 Å². The molecule has 0 bridgehead atoms. The highest BCUT2D eigenvalue weighted by Gasteiger charge is 2.30. The van der Waals surface area contributed by atoms with Gasteiger partial charge in [0.25, 0.3) is 0 Å². The van der Waals surface area contributed by atoms with E-state index < -0.39 is 17.4 Å². The second-order valence-electron chi connectivity index (χ2n) is 5.29. The topological polar surface area (TPSA) is 70.9 Å². The predicted octanol–water partition coefficient (Wildman–Crippen LogP) is 4.94. The Morgan fingerprint density at radius 3 is 2.33 bits per heavy atom. The first kappa shape index (κ1) is 22.3. The van der Waals surface area contributed by atoms with Crippen LogP contribution in [0.5, 0.6) is 5.75 Å². The van der Waals surface area contributed by atoms with Crippen molar-refractivity contribution in [2.24, 2.45) is 0 Å². The lowest BCUT2D eigenvalue weighted by Gasteiger charge is -2.10. The summed E-state index contributed by atoms with van der Waals surface area (Å²) in [5, 5.41) is 16.4. The fourth-order valence-electron chi connectivity index (χ4n) is 2.34. The van der Waals surface area contributed by atoms with Gasteiger partial charge in [0, 0.05) is 5.02 Å². The Bertz CT molecular complexity index is 963. The van der Waals surface area contributed by atoms with Gasteiger partial charge in [0.15, 0.2) is 5.82 Å². The van der Waals surface area contributed by atoms with Crippen molar-refractivity contribution in [2.45, 2.75) is 27.6 Å². The van der Waals surface area contributed by atoms with Gasteiger partial charge in [0.1, 0.15) is 5.75 Å². The van der Waals surface area contributed by atoms with Crippen molar-refractivity contribution >= 4 is 11.6 Å². The number of alkyl halides is 3. The summed E-state index contributed by atoms with van der Waals surface area (Å²) in [6.07, 6.45) is -4.43. The molecule has 27 heavy (non-hydrogen) atoms. The molecule has 0 aliphatic heterocycles. The van der Waals surface area contributed by atoms with E-state index in [4.69, 9.17) is 11.6 Å². The lowest BCUT2D eigenvalue weighted by Crippen LogP contribution is -2.18. The van der Waals surface area contributed by atoms with Gasteiger partial charge in [-0.05, 0) is 35.9 Å². The summed E-state index contributed by atoms with van der Waals surface area (Å²) in [7, 11) is 0. The first-order valence-corrected chi connectivity index (χ1v) is 7.44. The highest BCUT2D eigenvalue weighted by Crippen LogP contribution is 2.31. The molecule has 0 aliphatic carbocycles. The van der Waals surface area contributed by atoms with Crippen LogP contribution in [0.15, 0.2) is 47.3 Å². The van der Waals surface area contributed by atoms with Crippen LogP contribution in [0.25, 0.3) is 11.4 Å². The fraction of sp³-hybridized carbons (Fsp3) is 0.222. The monoisotopic (exact) mass is 401 g/mol. The van der Waals surface area contributed by atoms with Crippen LogP contribution in [0, 0.1) is 0 Å². The summed E-state index contributed by atoms with van der Waals surface area (Å²) in [6.45, 7) is -0.0191. The summed E-state index contributed by atoms with van der Waals surface area (Å²) >= 11 is 5.90. The first-order chi connectivity index (χ1) is 11.8. The third kappa shape index (κ3) is 4.71. The molecule has 1 heterocycles. The van der Waals surface area contributed by atoms with Gasteiger partial charge in [-0.2, -0.15) is 18.3 Å². The van der Waals surface area contributed by atoms with Crippen LogP contribution in [0.3, 0.4) is 0 Å². The molecule has 0 aliphatic rings. The summed E-state index contributed by atoms with van der Waals surface area (Å²) in [5.74, 6) is 0.00182. The molecule has 3 aromatic rings. The van der Waals surface area contributed by atoms with Gasteiger partial charge >= 0.3 is 11.9 Å². The second-order valence-corrected chi connectivity index (χ2v) is 5.73. The van der Waals surface area contributed by atoms with Gasteiger partial charge in [-0.3, -0.25) is 4.57 Å². The Kier molecular flexibility index (Phi) is 6.86. The summed E-state index contributed by atoms with van der Waals surface area (Å²) in [4.78, 5) is 12.0. The van der Waals surface area contributed by atoms with E-state index in [1.165, 1.54) is 34.9 Å². The van der Waals surface area contributed by atoms with Crippen LogP contribution in [0.4, 0.5) is 13.2 Å². The zero-order valence-electron chi connectivity index (χ0n) is 12.5. The Morgan fingerprint density at radius 2 is 1.74 bits per heavy atom. The minimum absolute atomic E-state index is 0. The van der Waals surface area contributed by atoms with E-state index in [-0.39, 0.29) is 38.5 Å². The molecule has 0 fully saturated rings. The molecule has 0 saturated heterocycles. The maximum Gasteiger partial charge on any atom is 0.416 e. The molecule has 9 heteroatoms. The van der Waals surface area contributed by atoms with Gasteiger partial charge in [-0.15, -0.1) is 0 Å². The van der Waals surface area contributed by atoms with Crippen molar-refractivity contribution in [3.8, 4) is 17.1 Å². The number of nitrogens with one attached hydrogen (secondary N) is 1. The Labute approximate surface area is 159 Å². The molecule has 2 N–H and O–H groups in total. The van der Waals surface area contributed by atoms with Gasteiger partial charge in [-0.25, -0.2) is 9.89 Å². The lowest BCUT2D eigenvalue weighted by molar-refractivity contribution is -0.137. The van der Waals surface area contributed by atoms with E-state index in [1.54, 1.807) is 0 Å². The van der Waals surface area contributed by atoms with Gasteiger partial charge < -0.3 is 5.11 Å². The van der Waals surface area contributed by atoms with E-state index in [2.05, 4.69) is 10.2 Å². The average Bonchev–Trinajstić information content (AvgIpc) is 2.90. The van der Waals surface area contributed by atoms with E-state index in [0.717, 1.165) is 12.1 Å². The largest absolute Gasteiger partial charge is 0.507 e. The summed E-state index contributed by atoms with van der Waals surface area (Å²) in [5.41, 5.74) is -0.630. The van der Waals surface area contributed by atoms with Crippen molar-refractivity contribution in [2.75, 3.05) is 0 Å². The minimum atomic E-state index is -4.43. The second kappa shape index (κ2) is 8.30. The molecule has 0 amide bonds. The lowest BCUT2D eigenvalue weighted by atomic mass is 10.1. The smallest absolute Gasteiger partial charge is 0.416 e. The molecule has 0 spiro atoms. The number of nitrogens with zero attached hydrogens (tertiary/aromatic N) is 2. The fourth-order valence-corrected chi connectivity index (χ4v) is 2.51. The number of aromatic hydroxyl groups is 1. The van der Waals surface area contributed by atoms with Crippen molar-refractivity contribution in [1.29, 1.82) is 0 Å². The summed E-state index contributed by atoms with van der Waals surface area (Å²) in [6, 6.07) is 8.72. The number of H-pyrrole nitrogens is 1. The number of hydrogen-bond acceptors (Lipinski definition) is 3. The molecule has 3 rings (SSSR count). The van der Waals surface area contributed by atoms with E-state index in [9.17, 15) is 23.1 Å². The maximum atomic E-state index is 12.6. The molecule has 0 unspecified atom stereocenters. The van der Waals surface area contributed by atoms with E-state index >= 15 is 0 Å². The molecule has 0 saturated carbocycles. The normalized spacial score (nSPS) is 10.8. The Hall–Kier alpha value is -2.74. The molecule has 0 radical (unpaired) electrons. The number of phenolic OH excluding ortho intramolecular Hbond substituents is 1.